The van der Waals surface area contributed by atoms with Crippen molar-refractivity contribution in [3.63, 3.8) is 0 Å². The van der Waals surface area contributed by atoms with Gasteiger partial charge in [0.1, 0.15) is 11.5 Å². The molecule has 4 rings (SSSR count). The number of phenols is 2. The Kier molecular flexibility index (Phi) is 5.54. The maximum absolute atomic E-state index is 11.5. The van der Waals surface area contributed by atoms with Gasteiger partial charge < -0.3 is 10.2 Å². The molecule has 160 valence electrons. The van der Waals surface area contributed by atoms with Crippen molar-refractivity contribution < 1.29 is 19.8 Å². The summed E-state index contributed by atoms with van der Waals surface area (Å²) in [5, 5.41) is 22.1. The molecule has 0 saturated carbocycles. The summed E-state index contributed by atoms with van der Waals surface area (Å²) < 4.78 is 0. The van der Waals surface area contributed by atoms with Crippen LogP contribution in [0.5, 0.6) is 11.5 Å². The minimum atomic E-state index is -0.439. The Morgan fingerprint density at radius 1 is 0.812 bits per heavy atom. The van der Waals surface area contributed by atoms with E-state index in [0.717, 1.165) is 39.4 Å². The van der Waals surface area contributed by atoms with Crippen LogP contribution in [0.15, 0.2) is 72.8 Å². The Hall–Kier alpha value is -3.92. The highest BCUT2D eigenvalue weighted by Crippen LogP contribution is 2.43. The van der Waals surface area contributed by atoms with Crippen molar-refractivity contribution in [2.24, 2.45) is 0 Å². The van der Waals surface area contributed by atoms with Gasteiger partial charge in [0.2, 0.25) is 0 Å². The monoisotopic (exact) mass is 424 g/mol. The molecule has 4 heteroatoms. The first kappa shape index (κ1) is 21.3. The number of rotatable bonds is 6. The summed E-state index contributed by atoms with van der Waals surface area (Å²) in [6.07, 6.45) is 2.08. The molecular weight excluding hydrogens is 400 g/mol. The standard InChI is InChI=1S/C28H24O4/c1-3-28(2,22-11-13-26(32)21(15-22)17-30)24-9-5-7-18-6-4-8-23(27(18)24)19-10-12-25(31)20(14-19)16-29/h4-17,31-32H,3H2,1-2H3. The van der Waals surface area contributed by atoms with Crippen LogP contribution in [0.1, 0.15) is 52.1 Å². The maximum Gasteiger partial charge on any atom is 0.153 e. The minimum Gasteiger partial charge on any atom is -0.507 e. The molecule has 2 N–H and O–H groups in total. The predicted molar refractivity (Wildman–Crippen MR) is 127 cm³/mol. The van der Waals surface area contributed by atoms with E-state index in [1.54, 1.807) is 18.2 Å². The van der Waals surface area contributed by atoms with Crippen LogP contribution in [0.4, 0.5) is 0 Å². The largest absolute Gasteiger partial charge is 0.507 e. The second-order valence-corrected chi connectivity index (χ2v) is 8.18. The Morgan fingerprint density at radius 3 is 2.09 bits per heavy atom. The van der Waals surface area contributed by atoms with Crippen molar-refractivity contribution in [1.82, 2.24) is 0 Å². The van der Waals surface area contributed by atoms with Gasteiger partial charge in [-0.3, -0.25) is 9.59 Å². The summed E-state index contributed by atoms with van der Waals surface area (Å²) in [6, 6.07) is 22.4. The van der Waals surface area contributed by atoms with E-state index >= 15 is 0 Å². The molecule has 0 heterocycles. The lowest BCUT2D eigenvalue weighted by Crippen LogP contribution is -2.23. The highest BCUT2D eigenvalue weighted by molar-refractivity contribution is 6.01. The minimum absolute atomic E-state index is 0.0358. The molecule has 1 atom stereocenters. The third-order valence-electron chi connectivity index (χ3n) is 6.46. The molecule has 0 bridgehead atoms. The third kappa shape index (κ3) is 3.44. The van der Waals surface area contributed by atoms with Gasteiger partial charge in [-0.1, -0.05) is 62.4 Å². The smallest absolute Gasteiger partial charge is 0.153 e. The maximum atomic E-state index is 11.5. The Bertz CT molecular complexity index is 1330. The second kappa shape index (κ2) is 8.31. The van der Waals surface area contributed by atoms with Crippen molar-refractivity contribution in [1.29, 1.82) is 0 Å². The number of benzene rings is 4. The van der Waals surface area contributed by atoms with Gasteiger partial charge in [0.25, 0.3) is 0 Å². The summed E-state index contributed by atoms with van der Waals surface area (Å²) in [5.74, 6) is -0.0839. The van der Waals surface area contributed by atoms with Crippen LogP contribution in [-0.4, -0.2) is 22.8 Å². The Balaban J connectivity index is 2.03. The van der Waals surface area contributed by atoms with Gasteiger partial charge in [0, 0.05) is 5.41 Å². The van der Waals surface area contributed by atoms with Gasteiger partial charge in [-0.05, 0) is 63.7 Å². The van der Waals surface area contributed by atoms with Crippen molar-refractivity contribution in [2.45, 2.75) is 25.7 Å². The summed E-state index contributed by atoms with van der Waals surface area (Å²) in [4.78, 5) is 22.9. The molecule has 0 saturated heterocycles. The lowest BCUT2D eigenvalue weighted by atomic mass is 9.71. The van der Waals surface area contributed by atoms with E-state index in [1.165, 1.54) is 6.07 Å². The molecule has 32 heavy (non-hydrogen) atoms. The number of carbonyl (C=O) groups is 2. The highest BCUT2D eigenvalue weighted by Gasteiger charge is 2.30. The molecule has 0 aliphatic heterocycles. The van der Waals surface area contributed by atoms with Gasteiger partial charge >= 0.3 is 0 Å². The quantitative estimate of drug-likeness (QED) is 0.358. The lowest BCUT2D eigenvalue weighted by Gasteiger charge is -2.32. The van der Waals surface area contributed by atoms with E-state index < -0.39 is 5.41 Å². The van der Waals surface area contributed by atoms with E-state index in [0.29, 0.717) is 12.6 Å². The summed E-state index contributed by atoms with van der Waals surface area (Å²) >= 11 is 0. The van der Waals surface area contributed by atoms with Gasteiger partial charge in [0.15, 0.2) is 12.6 Å². The molecule has 0 aromatic heterocycles. The number of hydrogen-bond acceptors (Lipinski definition) is 4. The van der Waals surface area contributed by atoms with Crippen molar-refractivity contribution in [3.8, 4) is 22.6 Å². The fourth-order valence-electron chi connectivity index (χ4n) is 4.40. The lowest BCUT2D eigenvalue weighted by molar-refractivity contribution is 0.111. The van der Waals surface area contributed by atoms with E-state index in [9.17, 15) is 19.8 Å². The number of aromatic hydroxyl groups is 2. The molecule has 0 aliphatic rings. The van der Waals surface area contributed by atoms with Crippen molar-refractivity contribution in [3.05, 3.63) is 95.1 Å². The van der Waals surface area contributed by atoms with Crippen LogP contribution in [0.2, 0.25) is 0 Å². The number of aldehydes is 2. The first-order valence-electron chi connectivity index (χ1n) is 10.5. The van der Waals surface area contributed by atoms with Crippen molar-refractivity contribution >= 4 is 23.3 Å². The Morgan fingerprint density at radius 2 is 1.44 bits per heavy atom. The normalized spacial score (nSPS) is 12.9. The number of phenolic OH excluding ortho intramolecular Hbond substituents is 2. The van der Waals surface area contributed by atoms with E-state index in [-0.39, 0.29) is 22.6 Å². The zero-order chi connectivity index (χ0) is 22.9. The van der Waals surface area contributed by atoms with Crippen LogP contribution in [-0.2, 0) is 5.41 Å². The summed E-state index contributed by atoms with van der Waals surface area (Å²) in [7, 11) is 0. The third-order valence-corrected chi connectivity index (χ3v) is 6.46. The van der Waals surface area contributed by atoms with E-state index in [1.807, 2.05) is 42.5 Å². The van der Waals surface area contributed by atoms with Gasteiger partial charge in [0.05, 0.1) is 11.1 Å². The SMILES string of the molecule is CCC(C)(c1ccc(O)c(C=O)c1)c1cccc2cccc(-c3ccc(O)c(C=O)c3)c12. The van der Waals surface area contributed by atoms with Crippen LogP contribution in [0.25, 0.3) is 21.9 Å². The van der Waals surface area contributed by atoms with Crippen LogP contribution >= 0.6 is 0 Å². The van der Waals surface area contributed by atoms with E-state index in [2.05, 4.69) is 19.9 Å². The molecule has 0 spiro atoms. The van der Waals surface area contributed by atoms with Gasteiger partial charge in [-0.15, -0.1) is 0 Å². The van der Waals surface area contributed by atoms with Crippen molar-refractivity contribution in [2.75, 3.05) is 0 Å². The summed E-state index contributed by atoms with van der Waals surface area (Å²) in [6.45, 7) is 4.23. The fourth-order valence-corrected chi connectivity index (χ4v) is 4.40. The van der Waals surface area contributed by atoms with E-state index in [4.69, 9.17) is 0 Å². The molecule has 4 aromatic carbocycles. The van der Waals surface area contributed by atoms with Gasteiger partial charge in [-0.2, -0.15) is 0 Å². The first-order chi connectivity index (χ1) is 15.4. The Labute approximate surface area is 186 Å². The van der Waals surface area contributed by atoms with Crippen LogP contribution < -0.4 is 0 Å². The second-order valence-electron chi connectivity index (χ2n) is 8.18. The van der Waals surface area contributed by atoms with Gasteiger partial charge in [-0.25, -0.2) is 0 Å². The molecule has 4 nitrogen and oxygen atoms in total. The molecule has 0 radical (unpaired) electrons. The molecule has 1 unspecified atom stereocenters. The predicted octanol–water partition coefficient (Wildman–Crippen LogP) is 6.26. The molecule has 4 aromatic rings. The number of hydrogen-bond donors (Lipinski definition) is 2. The topological polar surface area (TPSA) is 74.6 Å². The summed E-state index contributed by atoms with van der Waals surface area (Å²) in [5.41, 5.74) is 3.86. The number of fused-ring (bicyclic) bond motifs is 1. The molecular formula is C28H24O4. The first-order valence-corrected chi connectivity index (χ1v) is 10.5. The van der Waals surface area contributed by atoms with Crippen LogP contribution in [0.3, 0.4) is 0 Å². The highest BCUT2D eigenvalue weighted by atomic mass is 16.3. The molecule has 0 fully saturated rings. The number of carbonyl (C=O) groups excluding carboxylic acids is 2. The fraction of sp³-hybridized carbons (Fsp3) is 0.143. The zero-order valence-electron chi connectivity index (χ0n) is 18.0. The average molecular weight is 424 g/mol. The molecule has 0 amide bonds. The van der Waals surface area contributed by atoms with Crippen LogP contribution in [0, 0.1) is 0 Å². The zero-order valence-corrected chi connectivity index (χ0v) is 18.0. The molecule has 0 aliphatic carbocycles. The average Bonchev–Trinajstić information content (AvgIpc) is 2.83.